The highest BCUT2D eigenvalue weighted by Crippen LogP contribution is 2.27. The normalized spacial score (nSPS) is 16.5. The van der Waals surface area contributed by atoms with Gasteiger partial charge in [0.2, 0.25) is 0 Å². The van der Waals surface area contributed by atoms with Crippen molar-refractivity contribution in [1.29, 1.82) is 0 Å². The van der Waals surface area contributed by atoms with Gasteiger partial charge in [-0.15, -0.1) is 11.3 Å². The third-order valence-corrected chi connectivity index (χ3v) is 5.25. The number of nitrogens with zero attached hydrogens (tertiary/aromatic N) is 3. The van der Waals surface area contributed by atoms with Crippen molar-refractivity contribution in [2.45, 2.75) is 19.1 Å². The molecule has 1 atom stereocenters. The number of thiazole rings is 1. The SMILES string of the molecule is Cc1nc(C2COCCN2C(=O)c2ccc3ncccc3c2)cs1.O=C(O)C(F)(F)F. The Kier molecular flexibility index (Phi) is 6.86. The van der Waals surface area contributed by atoms with Crippen molar-refractivity contribution in [3.63, 3.8) is 0 Å². The maximum absolute atomic E-state index is 13.1. The number of carboxylic acids is 1. The van der Waals surface area contributed by atoms with Gasteiger partial charge in [-0.2, -0.15) is 13.2 Å². The summed E-state index contributed by atoms with van der Waals surface area (Å²) >= 11 is 1.60. The van der Waals surface area contributed by atoms with Crippen LogP contribution >= 0.6 is 11.3 Å². The highest BCUT2D eigenvalue weighted by atomic mass is 32.1. The Hall–Kier alpha value is -3.05. The summed E-state index contributed by atoms with van der Waals surface area (Å²) in [5.74, 6) is -2.74. The Balaban J connectivity index is 0.000000339. The van der Waals surface area contributed by atoms with E-state index in [1.807, 2.05) is 47.5 Å². The molecule has 1 fully saturated rings. The molecule has 1 N–H and O–H groups in total. The maximum atomic E-state index is 13.1. The molecule has 3 heterocycles. The predicted molar refractivity (Wildman–Crippen MR) is 107 cm³/mol. The summed E-state index contributed by atoms with van der Waals surface area (Å²) in [7, 11) is 0. The first-order valence-electron chi connectivity index (χ1n) is 9.12. The second kappa shape index (κ2) is 9.40. The molecular formula is C20H18F3N3O4S. The summed E-state index contributed by atoms with van der Waals surface area (Å²) in [6, 6.07) is 9.37. The molecule has 1 aromatic carbocycles. The molecule has 1 saturated heterocycles. The standard InChI is InChI=1S/C18H17N3O2S.C2HF3O2/c1-12-20-16(11-24-12)17-10-23-8-7-21(17)18(22)14-4-5-15-13(9-14)3-2-6-19-15;3-2(4,5)1(6)7/h2-6,9,11,17H,7-8,10H2,1H3;(H,6,7). The summed E-state index contributed by atoms with van der Waals surface area (Å²) in [5, 5.41) is 11.1. The third kappa shape index (κ3) is 5.56. The highest BCUT2D eigenvalue weighted by Gasteiger charge is 2.38. The minimum Gasteiger partial charge on any atom is -0.475 e. The number of halogens is 3. The van der Waals surface area contributed by atoms with Crippen LogP contribution in [0.2, 0.25) is 0 Å². The zero-order valence-corrected chi connectivity index (χ0v) is 17.1. The summed E-state index contributed by atoms with van der Waals surface area (Å²) in [4.78, 5) is 32.7. The second-order valence-electron chi connectivity index (χ2n) is 6.59. The molecule has 1 unspecified atom stereocenters. The monoisotopic (exact) mass is 453 g/mol. The molecule has 1 amide bonds. The van der Waals surface area contributed by atoms with Crippen molar-refractivity contribution >= 4 is 34.1 Å². The smallest absolute Gasteiger partial charge is 0.475 e. The number of fused-ring (bicyclic) bond motifs is 1. The van der Waals surface area contributed by atoms with Crippen molar-refractivity contribution in [1.82, 2.24) is 14.9 Å². The molecule has 3 aromatic rings. The van der Waals surface area contributed by atoms with E-state index in [1.54, 1.807) is 17.5 Å². The summed E-state index contributed by atoms with van der Waals surface area (Å²) in [6.45, 7) is 3.59. The lowest BCUT2D eigenvalue weighted by molar-refractivity contribution is -0.192. The minimum absolute atomic E-state index is 0.0136. The average Bonchev–Trinajstić information content (AvgIpc) is 3.19. The number of morpholine rings is 1. The minimum atomic E-state index is -5.08. The van der Waals surface area contributed by atoms with E-state index < -0.39 is 12.1 Å². The van der Waals surface area contributed by atoms with E-state index in [0.717, 1.165) is 21.6 Å². The fourth-order valence-electron chi connectivity index (χ4n) is 3.00. The first-order valence-corrected chi connectivity index (χ1v) is 10.0. The first-order chi connectivity index (χ1) is 14.7. The van der Waals surface area contributed by atoms with Crippen molar-refractivity contribution < 1.29 is 32.6 Å². The zero-order chi connectivity index (χ0) is 22.6. The number of alkyl halides is 3. The Morgan fingerprint density at radius 3 is 2.68 bits per heavy atom. The molecule has 7 nitrogen and oxygen atoms in total. The molecule has 0 radical (unpaired) electrons. The van der Waals surface area contributed by atoms with E-state index in [9.17, 15) is 18.0 Å². The molecule has 0 aliphatic carbocycles. The van der Waals surface area contributed by atoms with Crippen LogP contribution in [0.25, 0.3) is 10.9 Å². The van der Waals surface area contributed by atoms with Crippen LogP contribution in [0.1, 0.15) is 27.1 Å². The third-order valence-electron chi connectivity index (χ3n) is 4.46. The van der Waals surface area contributed by atoms with E-state index in [1.165, 1.54) is 0 Å². The number of ether oxygens (including phenoxy) is 1. The van der Waals surface area contributed by atoms with Crippen LogP contribution in [0.3, 0.4) is 0 Å². The average molecular weight is 453 g/mol. The molecular weight excluding hydrogens is 435 g/mol. The second-order valence-corrected chi connectivity index (χ2v) is 7.66. The van der Waals surface area contributed by atoms with E-state index in [0.29, 0.717) is 25.3 Å². The topological polar surface area (TPSA) is 92.6 Å². The number of carbonyl (C=O) groups is 2. The van der Waals surface area contributed by atoms with E-state index in [-0.39, 0.29) is 11.9 Å². The van der Waals surface area contributed by atoms with Crippen LogP contribution in [0.15, 0.2) is 41.9 Å². The van der Waals surface area contributed by atoms with Gasteiger partial charge in [-0.3, -0.25) is 9.78 Å². The largest absolute Gasteiger partial charge is 0.490 e. The lowest BCUT2D eigenvalue weighted by atomic mass is 10.1. The van der Waals surface area contributed by atoms with Crippen molar-refractivity contribution in [3.05, 3.63) is 58.2 Å². The lowest BCUT2D eigenvalue weighted by Crippen LogP contribution is -2.43. The van der Waals surface area contributed by atoms with E-state index in [4.69, 9.17) is 14.6 Å². The first kappa shape index (κ1) is 22.6. The maximum Gasteiger partial charge on any atom is 0.490 e. The number of rotatable bonds is 2. The number of amides is 1. The highest BCUT2D eigenvalue weighted by molar-refractivity contribution is 7.09. The Bertz CT molecular complexity index is 1090. The molecule has 11 heteroatoms. The van der Waals surface area contributed by atoms with Crippen LogP contribution in [0.5, 0.6) is 0 Å². The predicted octanol–water partition coefficient (Wildman–Crippen LogP) is 3.85. The number of benzene rings is 1. The van der Waals surface area contributed by atoms with Crippen LogP contribution in [-0.4, -0.2) is 57.8 Å². The Morgan fingerprint density at radius 1 is 1.29 bits per heavy atom. The fraction of sp³-hybridized carbons (Fsp3) is 0.300. The molecule has 31 heavy (non-hydrogen) atoms. The van der Waals surface area contributed by atoms with Gasteiger partial charge in [-0.05, 0) is 31.2 Å². The number of hydrogen-bond donors (Lipinski definition) is 1. The van der Waals surface area contributed by atoms with Gasteiger partial charge in [-0.25, -0.2) is 9.78 Å². The molecule has 1 aliphatic heterocycles. The number of aromatic nitrogens is 2. The Labute approximate surface area is 179 Å². The van der Waals surface area contributed by atoms with Crippen LogP contribution in [0, 0.1) is 6.92 Å². The van der Waals surface area contributed by atoms with Gasteiger partial charge in [0.05, 0.1) is 35.5 Å². The lowest BCUT2D eigenvalue weighted by Gasteiger charge is -2.34. The summed E-state index contributed by atoms with van der Waals surface area (Å²) in [5.41, 5.74) is 2.48. The number of aliphatic carboxylic acids is 1. The summed E-state index contributed by atoms with van der Waals surface area (Å²) in [6.07, 6.45) is -3.33. The van der Waals surface area contributed by atoms with Crippen molar-refractivity contribution in [2.24, 2.45) is 0 Å². The van der Waals surface area contributed by atoms with Crippen LogP contribution in [0.4, 0.5) is 13.2 Å². The van der Waals surface area contributed by atoms with Crippen molar-refractivity contribution in [3.8, 4) is 0 Å². The van der Waals surface area contributed by atoms with E-state index in [2.05, 4.69) is 9.97 Å². The zero-order valence-electron chi connectivity index (χ0n) is 16.3. The number of pyridine rings is 1. The van der Waals surface area contributed by atoms with Gasteiger partial charge in [0.15, 0.2) is 0 Å². The molecule has 1 aliphatic rings. The van der Waals surface area contributed by atoms with Crippen molar-refractivity contribution in [2.75, 3.05) is 19.8 Å². The van der Waals surface area contributed by atoms with E-state index >= 15 is 0 Å². The number of carboxylic acid groups (broad SMARTS) is 1. The number of carbonyl (C=O) groups excluding carboxylic acids is 1. The quantitative estimate of drug-likeness (QED) is 0.634. The molecule has 164 valence electrons. The Morgan fingerprint density at radius 2 is 2.03 bits per heavy atom. The fourth-order valence-corrected chi connectivity index (χ4v) is 3.66. The summed E-state index contributed by atoms with van der Waals surface area (Å²) < 4.78 is 37.3. The van der Waals surface area contributed by atoms with Gasteiger partial charge < -0.3 is 14.7 Å². The molecule has 2 aromatic heterocycles. The van der Waals surface area contributed by atoms with Crippen LogP contribution < -0.4 is 0 Å². The van der Waals surface area contributed by atoms with Gasteiger partial charge in [0, 0.05) is 29.1 Å². The number of hydrogen-bond acceptors (Lipinski definition) is 6. The molecule has 0 spiro atoms. The molecule has 0 bridgehead atoms. The number of aryl methyl sites for hydroxylation is 1. The van der Waals surface area contributed by atoms with Gasteiger partial charge in [-0.1, -0.05) is 6.07 Å². The van der Waals surface area contributed by atoms with Crippen LogP contribution in [-0.2, 0) is 9.53 Å². The van der Waals surface area contributed by atoms with Gasteiger partial charge in [0.25, 0.3) is 5.91 Å². The van der Waals surface area contributed by atoms with Gasteiger partial charge in [0.1, 0.15) is 0 Å². The molecule has 4 rings (SSSR count). The van der Waals surface area contributed by atoms with Gasteiger partial charge >= 0.3 is 12.1 Å². The molecule has 0 saturated carbocycles.